The summed E-state index contributed by atoms with van der Waals surface area (Å²) in [4.78, 5) is 0.389. The summed E-state index contributed by atoms with van der Waals surface area (Å²) >= 11 is 0. The number of hydrogen-bond donors (Lipinski definition) is 3. The van der Waals surface area contributed by atoms with Gasteiger partial charge in [0.1, 0.15) is 0 Å². The number of halogens is 1. The number of fused-ring (bicyclic) bond motifs is 10. The molecular formula is C63H101ClO8S2. The quantitative estimate of drug-likeness (QED) is 0.135. The van der Waals surface area contributed by atoms with Gasteiger partial charge in [0.05, 0.1) is 27.6 Å². The van der Waals surface area contributed by atoms with Crippen molar-refractivity contribution in [2.75, 3.05) is 13.2 Å². The van der Waals surface area contributed by atoms with Gasteiger partial charge in [0.15, 0.2) is 0 Å². The monoisotopic (exact) mass is 1080 g/mol. The molecule has 0 saturated heterocycles. The summed E-state index contributed by atoms with van der Waals surface area (Å²) in [5, 5.41) is 31.0. The van der Waals surface area contributed by atoms with E-state index in [0.717, 1.165) is 73.8 Å². The van der Waals surface area contributed by atoms with Crippen LogP contribution in [0.25, 0.3) is 0 Å². The molecule has 8 aliphatic rings. The van der Waals surface area contributed by atoms with E-state index >= 15 is 0 Å². The molecule has 420 valence electrons. The molecule has 0 amide bonds. The van der Waals surface area contributed by atoms with E-state index in [2.05, 4.69) is 53.7 Å². The molecule has 74 heavy (non-hydrogen) atoms. The zero-order chi connectivity index (χ0) is 51.7. The van der Waals surface area contributed by atoms with Crippen molar-refractivity contribution in [2.24, 2.45) is 80.8 Å². The van der Waals surface area contributed by atoms with E-state index in [1.165, 1.54) is 75.5 Å². The second kappa shape index (κ2) is 23.0. The molecule has 6 saturated carbocycles. The summed E-state index contributed by atoms with van der Waals surface area (Å²) in [5.41, 5.74) is 5.33. The highest BCUT2D eigenvalue weighted by Gasteiger charge is 2.61. The molecule has 0 aromatic heterocycles. The molecule has 11 heteroatoms. The van der Waals surface area contributed by atoms with E-state index in [9.17, 15) is 32.2 Å². The van der Waals surface area contributed by atoms with Gasteiger partial charge in [-0.05, 0) is 236 Å². The molecule has 0 heterocycles. The molecule has 6 fully saturated rings. The normalized spacial score (nSPS) is 39.6. The van der Waals surface area contributed by atoms with Crippen molar-refractivity contribution in [3.05, 3.63) is 83.0 Å². The van der Waals surface area contributed by atoms with Crippen LogP contribution in [-0.4, -0.2) is 56.6 Å². The highest BCUT2D eigenvalue weighted by atomic mass is 35.7. The third-order valence-electron chi connectivity index (χ3n) is 21.7. The lowest BCUT2D eigenvalue weighted by atomic mass is 9.46. The van der Waals surface area contributed by atoms with E-state index in [0.29, 0.717) is 52.9 Å². The molecular weight excluding hydrogens is 984 g/mol. The summed E-state index contributed by atoms with van der Waals surface area (Å²) in [7, 11) is -2.19. The zero-order valence-electron chi connectivity index (χ0n) is 44.9. The average molecular weight is 1090 g/mol. The first-order valence-electron chi connectivity index (χ1n) is 27.5. The van der Waals surface area contributed by atoms with E-state index in [4.69, 9.17) is 14.9 Å². The lowest BCUT2D eigenvalue weighted by Gasteiger charge is -2.59. The second-order valence-corrected chi connectivity index (χ2v) is 30.4. The van der Waals surface area contributed by atoms with Gasteiger partial charge in [0, 0.05) is 17.3 Å². The fourth-order valence-electron chi connectivity index (χ4n) is 17.5. The van der Waals surface area contributed by atoms with Crippen molar-refractivity contribution in [3.8, 4) is 0 Å². The Kier molecular flexibility index (Phi) is 19.5. The third-order valence-corrected chi connectivity index (χ3v) is 24.3. The summed E-state index contributed by atoms with van der Waals surface area (Å²) in [6.07, 6.45) is 23.5. The van der Waals surface area contributed by atoms with Crippen LogP contribution >= 0.6 is 10.7 Å². The van der Waals surface area contributed by atoms with E-state index in [-0.39, 0.29) is 55.4 Å². The van der Waals surface area contributed by atoms with E-state index < -0.39 is 30.4 Å². The van der Waals surface area contributed by atoms with Crippen LogP contribution in [0.4, 0.5) is 0 Å². The Morgan fingerprint density at radius 2 is 0.959 bits per heavy atom. The zero-order valence-corrected chi connectivity index (χ0v) is 47.2. The van der Waals surface area contributed by atoms with Gasteiger partial charge in [-0.3, -0.25) is 4.18 Å². The first-order valence-corrected chi connectivity index (χ1v) is 31.2. The van der Waals surface area contributed by atoms with Crippen LogP contribution in [0.15, 0.2) is 81.6 Å². The standard InChI is InChI=1S/C30H44O4S.C23H38O2.C7H7ClO2S.3CH4/c1-20-6-9-23(10-7-20)35(32,33)34-19-21(2)25-12-13-26-24-11-8-22-18-28(3,31)16-17-29(22,4)27(24)14-15-30(25,26)5;1-15(14-24)18-7-8-19-17-6-5-16-13-21(2,25)11-12-22(16,3)20(17)9-10-23(18,19)4;1-6-2-4-7(5-3-6)11(8,9)10;;;/h6-10,21,24-27,31H,11-19H2,1-5H3;5,15,17-20,24-25H,6-14H2,1-4H3;2-5H,1H3;3*1H4/t21-,24+,25-,26+,27+,28+,29+,30-;15-,17+,18-,19+,20+,21+,22+,23-;;;;/m11..../s1. The number of allylic oxidation sites excluding steroid dienone is 2. The maximum absolute atomic E-state index is 12.8. The highest BCUT2D eigenvalue weighted by Crippen LogP contribution is 2.69. The maximum atomic E-state index is 12.8. The smallest absolute Gasteiger partial charge is 0.296 e. The minimum Gasteiger partial charge on any atom is -0.396 e. The van der Waals surface area contributed by atoms with Crippen molar-refractivity contribution in [1.29, 1.82) is 0 Å². The number of aliphatic hydroxyl groups is 3. The van der Waals surface area contributed by atoms with Crippen LogP contribution in [0.5, 0.6) is 0 Å². The molecule has 2 aromatic rings. The molecule has 8 aliphatic carbocycles. The lowest BCUT2D eigenvalue weighted by Crippen LogP contribution is -2.52. The number of benzene rings is 2. The lowest BCUT2D eigenvalue weighted by molar-refractivity contribution is -0.0723. The number of aryl methyl sites for hydroxylation is 2. The van der Waals surface area contributed by atoms with Crippen LogP contribution < -0.4 is 0 Å². The average Bonchev–Trinajstić information content (AvgIpc) is 3.86. The van der Waals surface area contributed by atoms with Gasteiger partial charge in [-0.25, -0.2) is 8.42 Å². The minimum atomic E-state index is -3.73. The van der Waals surface area contributed by atoms with Gasteiger partial charge < -0.3 is 15.3 Å². The van der Waals surface area contributed by atoms with Crippen molar-refractivity contribution < 1.29 is 36.3 Å². The van der Waals surface area contributed by atoms with Crippen molar-refractivity contribution in [1.82, 2.24) is 0 Å². The van der Waals surface area contributed by atoms with Gasteiger partial charge in [-0.2, -0.15) is 8.42 Å². The molecule has 2 aromatic carbocycles. The molecule has 10 rings (SSSR count). The highest BCUT2D eigenvalue weighted by molar-refractivity contribution is 8.13. The second-order valence-electron chi connectivity index (χ2n) is 26.3. The molecule has 16 atom stereocenters. The third kappa shape index (κ3) is 12.1. The first-order chi connectivity index (χ1) is 33.1. The molecule has 0 aliphatic heterocycles. The Morgan fingerprint density at radius 1 is 0.568 bits per heavy atom. The molecule has 0 unspecified atom stereocenters. The van der Waals surface area contributed by atoms with Crippen LogP contribution in [0, 0.1) is 94.7 Å². The first kappa shape index (κ1) is 62.8. The van der Waals surface area contributed by atoms with Crippen molar-refractivity contribution >= 4 is 29.9 Å². The Balaban J connectivity index is 0.000000227. The summed E-state index contributed by atoms with van der Waals surface area (Å²) in [6.45, 7) is 22.9. The largest absolute Gasteiger partial charge is 0.396 e. The number of hydrogen-bond acceptors (Lipinski definition) is 8. The van der Waals surface area contributed by atoms with E-state index in [1.54, 1.807) is 29.8 Å². The maximum Gasteiger partial charge on any atom is 0.296 e. The predicted molar refractivity (Wildman–Crippen MR) is 306 cm³/mol. The Morgan fingerprint density at radius 3 is 1.35 bits per heavy atom. The van der Waals surface area contributed by atoms with Crippen LogP contribution in [0.2, 0.25) is 0 Å². The van der Waals surface area contributed by atoms with Gasteiger partial charge in [0.25, 0.3) is 19.2 Å². The van der Waals surface area contributed by atoms with Gasteiger partial charge >= 0.3 is 0 Å². The van der Waals surface area contributed by atoms with Crippen molar-refractivity contribution in [3.63, 3.8) is 0 Å². The summed E-state index contributed by atoms with van der Waals surface area (Å²) in [5.74, 6) is 6.43. The topological polar surface area (TPSA) is 138 Å². The summed E-state index contributed by atoms with van der Waals surface area (Å²) < 4.78 is 52.6. The Bertz CT molecular complexity index is 2520. The molecule has 0 radical (unpaired) electrons. The Hall–Kier alpha value is -2.05. The van der Waals surface area contributed by atoms with Crippen LogP contribution in [-0.2, 0) is 23.4 Å². The SMILES string of the molecule is C.C.C.C[C@H](CO)[C@H]1CC[C@H]2[C@@H]3CC=C4C[C@@](C)(O)CC[C@]4(C)[C@H]3CC[C@]12C.Cc1ccc(S(=O)(=O)Cl)cc1.Cc1ccc(S(=O)(=O)OC[C@@H](C)[C@H]2CC[C@H]3[C@@H]4CC=C5C[C@@](C)(O)CC[C@]5(C)[C@H]4CC[C@]23C)cc1. The molecule has 8 nitrogen and oxygen atoms in total. The van der Waals surface area contributed by atoms with Gasteiger partial charge in [-0.15, -0.1) is 0 Å². The van der Waals surface area contributed by atoms with Gasteiger partial charge in [-0.1, -0.05) is 123 Å². The van der Waals surface area contributed by atoms with Gasteiger partial charge in [0.2, 0.25) is 0 Å². The number of rotatable bonds is 8. The van der Waals surface area contributed by atoms with Crippen LogP contribution in [0.3, 0.4) is 0 Å². The van der Waals surface area contributed by atoms with Crippen LogP contribution in [0.1, 0.15) is 192 Å². The fraction of sp³-hybridized carbons (Fsp3) is 0.746. The Labute approximate surface area is 455 Å². The van der Waals surface area contributed by atoms with E-state index in [1.807, 2.05) is 39.8 Å². The molecule has 0 spiro atoms. The minimum absolute atomic E-state index is 0. The predicted octanol–water partition coefficient (Wildman–Crippen LogP) is 15.4. The number of aliphatic hydroxyl groups excluding tert-OH is 1. The summed E-state index contributed by atoms with van der Waals surface area (Å²) in [6, 6.07) is 13.3. The fourth-order valence-corrected chi connectivity index (χ4v) is 19.2. The molecule has 0 bridgehead atoms. The molecule has 3 N–H and O–H groups in total. The van der Waals surface area contributed by atoms with Crippen molar-refractivity contribution in [2.45, 2.75) is 215 Å².